The van der Waals surface area contributed by atoms with Crippen LogP contribution in [0.3, 0.4) is 0 Å². The Kier molecular flexibility index (Phi) is 8.40. The number of sulfonamides is 1. The number of anilines is 1. The number of methoxy groups -OCH3 is 1. The zero-order valence-corrected chi connectivity index (χ0v) is 19.0. The molecule has 0 atom stereocenters. The van der Waals surface area contributed by atoms with Crippen LogP contribution in [0.5, 0.6) is 11.5 Å². The molecule has 1 amide bonds. The first-order chi connectivity index (χ1) is 14.7. The van der Waals surface area contributed by atoms with Gasteiger partial charge in [0.25, 0.3) is 5.91 Å². The predicted molar refractivity (Wildman–Crippen MR) is 118 cm³/mol. The van der Waals surface area contributed by atoms with Gasteiger partial charge in [0.15, 0.2) is 18.1 Å². The smallest absolute Gasteiger partial charge is 0.265 e. The van der Waals surface area contributed by atoms with E-state index in [0.29, 0.717) is 29.4 Å². The Morgan fingerprint density at radius 3 is 2.55 bits per heavy atom. The minimum absolute atomic E-state index is 0.0850. The van der Waals surface area contributed by atoms with E-state index in [2.05, 4.69) is 10.5 Å². The lowest BCUT2D eigenvalue weighted by molar-refractivity contribution is -0.120. The van der Waals surface area contributed by atoms with Crippen molar-refractivity contribution in [2.45, 2.75) is 18.7 Å². The van der Waals surface area contributed by atoms with Gasteiger partial charge in [-0.1, -0.05) is 11.2 Å². The summed E-state index contributed by atoms with van der Waals surface area (Å²) < 4.78 is 36.4. The van der Waals surface area contributed by atoms with Crippen LogP contribution in [0.15, 0.2) is 46.4 Å². The van der Waals surface area contributed by atoms with Gasteiger partial charge in [0.2, 0.25) is 10.0 Å². The largest absolute Gasteiger partial charge is 0.493 e. The van der Waals surface area contributed by atoms with Gasteiger partial charge in [-0.05, 0) is 49.7 Å². The quantitative estimate of drug-likeness (QED) is 0.441. The standard InChI is InChI=1S/C21H27N3O6S/c1-6-29-19-10-8-16(11-20(19)28-5)13-22-30-14-21(25)23-18-12-17(9-7-15(18)2)31(26,27)24(3)4/h7-13H,6,14H2,1-5H3,(H,23,25). The minimum Gasteiger partial charge on any atom is -0.493 e. The van der Waals surface area contributed by atoms with Crippen molar-refractivity contribution < 1.29 is 27.5 Å². The molecule has 2 aromatic rings. The molecule has 0 fully saturated rings. The Hall–Kier alpha value is -3.11. The van der Waals surface area contributed by atoms with Crippen LogP contribution in [-0.2, 0) is 19.7 Å². The van der Waals surface area contributed by atoms with Crippen LogP contribution in [-0.4, -0.2) is 59.3 Å². The second-order valence-corrected chi connectivity index (χ2v) is 8.82. The number of nitrogens with zero attached hydrogens (tertiary/aromatic N) is 2. The van der Waals surface area contributed by atoms with E-state index in [4.69, 9.17) is 14.3 Å². The number of aryl methyl sites for hydroxylation is 1. The summed E-state index contributed by atoms with van der Waals surface area (Å²) in [5, 5.41) is 6.43. The maximum absolute atomic E-state index is 12.3. The van der Waals surface area contributed by atoms with Gasteiger partial charge in [-0.25, -0.2) is 12.7 Å². The first-order valence-electron chi connectivity index (χ1n) is 9.48. The van der Waals surface area contributed by atoms with Crippen molar-refractivity contribution in [1.82, 2.24) is 4.31 Å². The molecule has 0 aromatic heterocycles. The summed E-state index contributed by atoms with van der Waals surface area (Å²) in [5.74, 6) is 0.715. The SMILES string of the molecule is CCOc1ccc(C=NOCC(=O)Nc2cc(S(=O)(=O)N(C)C)ccc2C)cc1OC. The number of ether oxygens (including phenoxy) is 2. The molecular weight excluding hydrogens is 422 g/mol. The molecule has 0 radical (unpaired) electrons. The van der Waals surface area contributed by atoms with E-state index in [1.165, 1.54) is 32.4 Å². The highest BCUT2D eigenvalue weighted by Gasteiger charge is 2.18. The van der Waals surface area contributed by atoms with E-state index < -0.39 is 15.9 Å². The highest BCUT2D eigenvalue weighted by Crippen LogP contribution is 2.27. The highest BCUT2D eigenvalue weighted by molar-refractivity contribution is 7.89. The summed E-state index contributed by atoms with van der Waals surface area (Å²) in [6, 6.07) is 9.81. The fraction of sp³-hybridized carbons (Fsp3) is 0.333. The van der Waals surface area contributed by atoms with Gasteiger partial charge in [-0.3, -0.25) is 4.79 Å². The van der Waals surface area contributed by atoms with Gasteiger partial charge in [-0.15, -0.1) is 0 Å². The van der Waals surface area contributed by atoms with Gasteiger partial charge in [0.1, 0.15) is 0 Å². The summed E-state index contributed by atoms with van der Waals surface area (Å²) in [7, 11) is 0.821. The van der Waals surface area contributed by atoms with E-state index in [-0.39, 0.29) is 11.5 Å². The van der Waals surface area contributed by atoms with Crippen LogP contribution in [0.1, 0.15) is 18.1 Å². The first kappa shape index (κ1) is 24.2. The molecule has 1 N–H and O–H groups in total. The Labute approximate surface area is 182 Å². The van der Waals surface area contributed by atoms with Crippen molar-refractivity contribution in [3.63, 3.8) is 0 Å². The Morgan fingerprint density at radius 2 is 1.90 bits per heavy atom. The van der Waals surface area contributed by atoms with Crippen molar-refractivity contribution >= 4 is 27.8 Å². The maximum atomic E-state index is 12.3. The lowest BCUT2D eigenvalue weighted by Gasteiger charge is -2.14. The number of nitrogens with one attached hydrogen (secondary N) is 1. The fourth-order valence-electron chi connectivity index (χ4n) is 2.53. The Morgan fingerprint density at radius 1 is 1.16 bits per heavy atom. The van der Waals surface area contributed by atoms with Crippen molar-refractivity contribution in [3.8, 4) is 11.5 Å². The summed E-state index contributed by atoms with van der Waals surface area (Å²) in [6.45, 7) is 3.83. The van der Waals surface area contributed by atoms with Crippen LogP contribution in [0.4, 0.5) is 5.69 Å². The van der Waals surface area contributed by atoms with E-state index in [1.54, 1.807) is 38.3 Å². The molecule has 0 bridgehead atoms. The van der Waals surface area contributed by atoms with Crippen molar-refractivity contribution in [2.75, 3.05) is 39.7 Å². The molecule has 9 nitrogen and oxygen atoms in total. The number of carbonyl (C=O) groups excluding carboxylic acids is 1. The number of benzene rings is 2. The third-order valence-corrected chi connectivity index (χ3v) is 6.03. The number of rotatable bonds is 10. The molecule has 0 spiro atoms. The summed E-state index contributed by atoms with van der Waals surface area (Å²) in [5.41, 5.74) is 1.81. The predicted octanol–water partition coefficient (Wildman–Crippen LogP) is 2.64. The van der Waals surface area contributed by atoms with Crippen LogP contribution >= 0.6 is 0 Å². The first-order valence-corrected chi connectivity index (χ1v) is 10.9. The highest BCUT2D eigenvalue weighted by atomic mass is 32.2. The third-order valence-electron chi connectivity index (χ3n) is 4.22. The average Bonchev–Trinajstić information content (AvgIpc) is 2.73. The van der Waals surface area contributed by atoms with Crippen LogP contribution < -0.4 is 14.8 Å². The monoisotopic (exact) mass is 449 g/mol. The van der Waals surface area contributed by atoms with Crippen LogP contribution in [0.2, 0.25) is 0 Å². The maximum Gasteiger partial charge on any atom is 0.265 e. The summed E-state index contributed by atoms with van der Waals surface area (Å²) >= 11 is 0. The second kappa shape index (κ2) is 10.8. The molecule has 0 aliphatic carbocycles. The molecule has 0 saturated carbocycles. The van der Waals surface area contributed by atoms with E-state index >= 15 is 0 Å². The minimum atomic E-state index is -3.61. The lowest BCUT2D eigenvalue weighted by Crippen LogP contribution is -2.23. The number of hydrogen-bond donors (Lipinski definition) is 1. The molecule has 0 unspecified atom stereocenters. The fourth-order valence-corrected chi connectivity index (χ4v) is 3.46. The number of hydrogen-bond acceptors (Lipinski definition) is 7. The van der Waals surface area contributed by atoms with Crippen LogP contribution in [0.25, 0.3) is 0 Å². The van der Waals surface area contributed by atoms with Crippen LogP contribution in [0, 0.1) is 6.92 Å². The van der Waals surface area contributed by atoms with Gasteiger partial charge >= 0.3 is 0 Å². The zero-order valence-electron chi connectivity index (χ0n) is 18.2. The van der Waals surface area contributed by atoms with E-state index in [1.807, 2.05) is 6.92 Å². The molecule has 0 aliphatic rings. The van der Waals surface area contributed by atoms with Crippen molar-refractivity contribution in [3.05, 3.63) is 47.5 Å². The molecule has 0 heterocycles. The number of amides is 1. The molecule has 0 aliphatic heterocycles. The lowest BCUT2D eigenvalue weighted by atomic mass is 10.2. The van der Waals surface area contributed by atoms with Gasteiger partial charge in [0.05, 0.1) is 24.8 Å². The molecule has 2 aromatic carbocycles. The number of oxime groups is 1. The molecule has 31 heavy (non-hydrogen) atoms. The number of carbonyl (C=O) groups is 1. The topological polar surface area (TPSA) is 107 Å². The van der Waals surface area contributed by atoms with E-state index in [9.17, 15) is 13.2 Å². The van der Waals surface area contributed by atoms with Gasteiger partial charge < -0.3 is 19.6 Å². The molecular formula is C21H27N3O6S. The Bertz CT molecular complexity index is 1050. The summed E-state index contributed by atoms with van der Waals surface area (Å²) in [4.78, 5) is 17.3. The third kappa shape index (κ3) is 6.43. The molecule has 2 rings (SSSR count). The molecule has 10 heteroatoms. The van der Waals surface area contributed by atoms with Crippen molar-refractivity contribution in [1.29, 1.82) is 0 Å². The van der Waals surface area contributed by atoms with E-state index in [0.717, 1.165) is 9.87 Å². The summed E-state index contributed by atoms with van der Waals surface area (Å²) in [6.07, 6.45) is 1.45. The zero-order chi connectivity index (χ0) is 23.0. The molecule has 0 saturated heterocycles. The van der Waals surface area contributed by atoms with Gasteiger partial charge in [-0.2, -0.15) is 0 Å². The Balaban J connectivity index is 1.98. The van der Waals surface area contributed by atoms with Gasteiger partial charge in [0, 0.05) is 25.3 Å². The second-order valence-electron chi connectivity index (χ2n) is 6.66. The molecule has 168 valence electrons. The van der Waals surface area contributed by atoms with Crippen molar-refractivity contribution in [2.24, 2.45) is 5.16 Å². The average molecular weight is 450 g/mol. The normalized spacial score (nSPS) is 11.5.